The molecule has 4 aliphatic carbocycles. The molecule has 5 fully saturated rings. The summed E-state index contributed by atoms with van der Waals surface area (Å²) in [6.45, 7) is 4.16. The second-order valence-electron chi connectivity index (χ2n) is 12.6. The highest BCUT2D eigenvalue weighted by Crippen LogP contribution is 2.60. The Labute approximate surface area is 251 Å². The van der Waals surface area contributed by atoms with Crippen molar-refractivity contribution in [2.75, 3.05) is 18.1 Å². The summed E-state index contributed by atoms with van der Waals surface area (Å²) >= 11 is 3.96. The first kappa shape index (κ1) is 27.2. The van der Waals surface area contributed by atoms with Crippen LogP contribution in [-0.2, 0) is 10.2 Å². The lowest BCUT2D eigenvalue weighted by molar-refractivity contribution is -0.123. The zero-order valence-electron chi connectivity index (χ0n) is 24.0. The molecular formula is C34H39N3O2S2. The third kappa shape index (κ3) is 5.48. The number of hydrazone groups is 1. The molecule has 0 unspecified atom stereocenters. The van der Waals surface area contributed by atoms with Crippen LogP contribution in [-0.4, -0.2) is 34.8 Å². The molecule has 4 saturated carbocycles. The summed E-state index contributed by atoms with van der Waals surface area (Å²) in [4.78, 5) is 12.4. The lowest BCUT2D eigenvalue weighted by atomic mass is 9.48. The predicted molar refractivity (Wildman–Crippen MR) is 170 cm³/mol. The Bertz CT molecular complexity index is 1400. The largest absolute Gasteiger partial charge is 0.484 e. The number of rotatable bonds is 8. The average Bonchev–Trinajstić information content (AvgIpc) is 3.60. The Kier molecular flexibility index (Phi) is 7.44. The number of aryl methyl sites for hydroxylation is 1. The van der Waals surface area contributed by atoms with Gasteiger partial charge in [-0.25, -0.2) is 5.43 Å². The lowest BCUT2D eigenvalue weighted by Gasteiger charge is -2.57. The van der Waals surface area contributed by atoms with E-state index in [1.165, 1.54) is 61.3 Å². The van der Waals surface area contributed by atoms with Gasteiger partial charge in [0.15, 0.2) is 6.61 Å². The number of nitrogens with zero attached hydrogens (tertiary/aromatic N) is 2. The molecule has 0 radical (unpaired) electrons. The summed E-state index contributed by atoms with van der Waals surface area (Å²) in [6.07, 6.45) is 10.3. The quantitative estimate of drug-likeness (QED) is 0.219. The molecule has 4 bridgehead atoms. The Balaban J connectivity index is 0.963. The number of benzene rings is 2. The monoisotopic (exact) mass is 585 g/mol. The van der Waals surface area contributed by atoms with Gasteiger partial charge in [0.25, 0.3) is 5.91 Å². The van der Waals surface area contributed by atoms with Crippen molar-refractivity contribution in [3.05, 3.63) is 82.7 Å². The van der Waals surface area contributed by atoms with Gasteiger partial charge >= 0.3 is 0 Å². The zero-order chi connectivity index (χ0) is 28.0. The minimum Gasteiger partial charge on any atom is -0.484 e. The van der Waals surface area contributed by atoms with Crippen LogP contribution >= 0.6 is 23.5 Å². The number of aromatic nitrogens is 1. The van der Waals surface area contributed by atoms with Crippen LogP contribution in [0, 0.1) is 31.6 Å². The van der Waals surface area contributed by atoms with E-state index >= 15 is 0 Å². The minimum absolute atomic E-state index is 0.0707. The maximum Gasteiger partial charge on any atom is 0.277 e. The second-order valence-corrected chi connectivity index (χ2v) is 15.4. The van der Waals surface area contributed by atoms with Crippen molar-refractivity contribution in [1.82, 2.24) is 9.99 Å². The van der Waals surface area contributed by atoms with E-state index in [0.29, 0.717) is 15.7 Å². The van der Waals surface area contributed by atoms with Crippen LogP contribution in [0.5, 0.6) is 5.75 Å². The van der Waals surface area contributed by atoms with E-state index in [2.05, 4.69) is 71.4 Å². The molecule has 7 heteroatoms. The third-order valence-corrected chi connectivity index (χ3v) is 12.9. The van der Waals surface area contributed by atoms with Gasteiger partial charge in [-0.2, -0.15) is 5.10 Å². The topological polar surface area (TPSA) is 55.6 Å². The summed E-state index contributed by atoms with van der Waals surface area (Å²) in [5.41, 5.74) is 10.3. The fraction of sp³-hybridized carbons (Fsp3) is 0.471. The maximum absolute atomic E-state index is 12.4. The van der Waals surface area contributed by atoms with E-state index in [1.807, 2.05) is 35.7 Å². The highest BCUT2D eigenvalue weighted by atomic mass is 32.2. The normalized spacial score (nSPS) is 27.1. The number of nitrogens with one attached hydrogen (secondary N) is 1. The summed E-state index contributed by atoms with van der Waals surface area (Å²) in [5, 5.41) is 4.23. The molecule has 5 nitrogen and oxygen atoms in total. The van der Waals surface area contributed by atoms with Gasteiger partial charge in [-0.1, -0.05) is 24.3 Å². The fourth-order valence-corrected chi connectivity index (χ4v) is 11.2. The first-order chi connectivity index (χ1) is 20.0. The van der Waals surface area contributed by atoms with Crippen molar-refractivity contribution < 1.29 is 9.53 Å². The molecule has 3 aromatic rings. The second kappa shape index (κ2) is 11.2. The standard InChI is InChI=1S/C34H39N3O2S2/c1-22-13-28(20-35-36-32(38)21-39-31-9-3-27(4-10-31)33-40-11-12-41-33)23(2)37(22)30-7-5-29(6-8-30)34-17-24-14-25(18-34)16-26(15-24)19-34/h3-10,13,20,24-26,33H,11-12,14-19,21H2,1-2H3,(H,36,38)/b35-20-. The Morgan fingerprint density at radius 3 is 2.24 bits per heavy atom. The first-order valence-corrected chi connectivity index (χ1v) is 17.1. The van der Waals surface area contributed by atoms with Gasteiger partial charge in [0.05, 0.1) is 10.8 Å². The summed E-state index contributed by atoms with van der Waals surface area (Å²) in [7, 11) is 0. The highest BCUT2D eigenvalue weighted by molar-refractivity contribution is 8.19. The molecule has 0 spiro atoms. The van der Waals surface area contributed by atoms with Crippen molar-refractivity contribution in [3.63, 3.8) is 0 Å². The number of hydrogen-bond acceptors (Lipinski definition) is 5. The molecule has 1 saturated heterocycles. The molecule has 41 heavy (non-hydrogen) atoms. The lowest BCUT2D eigenvalue weighted by Crippen LogP contribution is -2.48. The Morgan fingerprint density at radius 1 is 0.976 bits per heavy atom. The summed E-state index contributed by atoms with van der Waals surface area (Å²) in [5.74, 6) is 5.68. The number of thioether (sulfide) groups is 2. The molecular weight excluding hydrogens is 547 g/mol. The van der Waals surface area contributed by atoms with Gasteiger partial charge < -0.3 is 9.30 Å². The molecule has 5 aliphatic rings. The average molecular weight is 586 g/mol. The SMILES string of the molecule is Cc1cc(/C=N\NC(=O)COc2ccc(C3SCCS3)cc2)c(C)n1-c1ccc(C23CC4CC(CC(C4)C2)C3)cc1. The number of amides is 1. The Morgan fingerprint density at radius 2 is 1.61 bits per heavy atom. The van der Waals surface area contributed by atoms with Crippen molar-refractivity contribution in [2.24, 2.45) is 22.9 Å². The van der Waals surface area contributed by atoms with Crippen molar-refractivity contribution in [2.45, 2.75) is 62.4 Å². The van der Waals surface area contributed by atoms with Crippen molar-refractivity contribution in [1.29, 1.82) is 0 Å². The summed E-state index contributed by atoms with van der Waals surface area (Å²) < 4.78 is 8.46. The van der Waals surface area contributed by atoms with Crippen LogP contribution in [0.1, 0.15) is 71.2 Å². The Hall–Kier alpha value is -2.64. The maximum atomic E-state index is 12.4. The van der Waals surface area contributed by atoms with E-state index in [0.717, 1.165) is 34.7 Å². The molecule has 8 rings (SSSR count). The third-order valence-electron chi connectivity index (χ3n) is 9.78. The minimum atomic E-state index is -0.277. The van der Waals surface area contributed by atoms with Crippen LogP contribution in [0.4, 0.5) is 0 Å². The molecule has 1 N–H and O–H groups in total. The first-order valence-electron chi connectivity index (χ1n) is 15.0. The molecule has 214 valence electrons. The van der Waals surface area contributed by atoms with E-state index in [4.69, 9.17) is 4.74 Å². The fourth-order valence-electron chi connectivity index (χ4n) is 8.37. The smallest absolute Gasteiger partial charge is 0.277 e. The molecule has 1 aliphatic heterocycles. The predicted octanol–water partition coefficient (Wildman–Crippen LogP) is 7.57. The van der Waals surface area contributed by atoms with E-state index in [9.17, 15) is 4.79 Å². The van der Waals surface area contributed by atoms with E-state index < -0.39 is 0 Å². The van der Waals surface area contributed by atoms with Gasteiger partial charge in [-0.05, 0) is 117 Å². The molecule has 1 amide bonds. The van der Waals surface area contributed by atoms with Crippen molar-refractivity contribution in [3.8, 4) is 11.4 Å². The van der Waals surface area contributed by atoms with Crippen molar-refractivity contribution >= 4 is 35.6 Å². The molecule has 2 aromatic carbocycles. The van der Waals surface area contributed by atoms with E-state index in [-0.39, 0.29) is 12.5 Å². The zero-order valence-corrected chi connectivity index (χ0v) is 25.6. The van der Waals surface area contributed by atoms with Crippen LogP contribution in [0.25, 0.3) is 5.69 Å². The number of carbonyl (C=O) groups is 1. The highest BCUT2D eigenvalue weighted by Gasteiger charge is 2.51. The summed E-state index contributed by atoms with van der Waals surface area (Å²) in [6, 6.07) is 19.6. The molecule has 0 atom stereocenters. The number of carbonyl (C=O) groups excluding carboxylic acids is 1. The van der Waals surface area contributed by atoms with Gasteiger partial charge in [0.2, 0.25) is 0 Å². The van der Waals surface area contributed by atoms with Gasteiger partial charge in [-0.3, -0.25) is 4.79 Å². The van der Waals surface area contributed by atoms with Crippen LogP contribution < -0.4 is 10.2 Å². The molecule has 2 heterocycles. The number of hydrogen-bond donors (Lipinski definition) is 1. The molecule has 1 aromatic heterocycles. The van der Waals surface area contributed by atoms with Crippen LogP contribution in [0.15, 0.2) is 59.7 Å². The number of ether oxygens (including phenoxy) is 1. The van der Waals surface area contributed by atoms with Crippen LogP contribution in [0.2, 0.25) is 0 Å². The van der Waals surface area contributed by atoms with Gasteiger partial charge in [0, 0.05) is 34.1 Å². The van der Waals surface area contributed by atoms with E-state index in [1.54, 1.807) is 11.8 Å². The van der Waals surface area contributed by atoms with Crippen LogP contribution in [0.3, 0.4) is 0 Å². The van der Waals surface area contributed by atoms with Gasteiger partial charge in [-0.15, -0.1) is 23.5 Å². The van der Waals surface area contributed by atoms with Gasteiger partial charge in [0.1, 0.15) is 5.75 Å².